The first-order chi connectivity index (χ1) is 13.7. The van der Waals surface area contributed by atoms with E-state index in [1.54, 1.807) is 23.5 Å². The monoisotopic (exact) mass is 397 g/mol. The number of hydrogen-bond donors (Lipinski definition) is 2. The molecular formula is C22H23NO4S. The quantitative estimate of drug-likeness (QED) is 0.518. The molecule has 0 spiro atoms. The van der Waals surface area contributed by atoms with Crippen molar-refractivity contribution in [3.05, 3.63) is 81.5 Å². The Labute approximate surface area is 168 Å². The van der Waals surface area contributed by atoms with Gasteiger partial charge in [0.1, 0.15) is 6.61 Å². The molecule has 0 aliphatic carbocycles. The molecule has 6 heteroatoms. The summed E-state index contributed by atoms with van der Waals surface area (Å²) >= 11 is 1.67. The van der Waals surface area contributed by atoms with Crippen LogP contribution in [-0.2, 0) is 19.7 Å². The average Bonchev–Trinajstić information content (AvgIpc) is 3.22. The molecule has 28 heavy (non-hydrogen) atoms. The molecule has 0 saturated carbocycles. The van der Waals surface area contributed by atoms with E-state index >= 15 is 0 Å². The van der Waals surface area contributed by atoms with Crippen molar-refractivity contribution < 1.29 is 19.4 Å². The first-order valence-corrected chi connectivity index (χ1v) is 9.97. The van der Waals surface area contributed by atoms with E-state index in [1.165, 1.54) is 4.88 Å². The van der Waals surface area contributed by atoms with Crippen molar-refractivity contribution >= 4 is 17.3 Å². The van der Waals surface area contributed by atoms with E-state index in [0.717, 1.165) is 22.6 Å². The highest BCUT2D eigenvalue weighted by Crippen LogP contribution is 2.29. The van der Waals surface area contributed by atoms with Crippen LogP contribution >= 0.6 is 11.3 Å². The first-order valence-electron chi connectivity index (χ1n) is 9.09. The van der Waals surface area contributed by atoms with E-state index in [0.29, 0.717) is 31.9 Å². The van der Waals surface area contributed by atoms with Crippen LogP contribution < -0.4 is 14.8 Å². The fraction of sp³-hybridized carbons (Fsp3) is 0.227. The van der Waals surface area contributed by atoms with Crippen LogP contribution in [-0.4, -0.2) is 17.7 Å². The van der Waals surface area contributed by atoms with Gasteiger partial charge in [0, 0.05) is 18.0 Å². The minimum Gasteiger partial charge on any atom is -0.490 e. The van der Waals surface area contributed by atoms with E-state index in [2.05, 4.69) is 5.32 Å². The van der Waals surface area contributed by atoms with Crippen LogP contribution in [0.1, 0.15) is 33.3 Å². The summed E-state index contributed by atoms with van der Waals surface area (Å²) in [5, 5.41) is 14.3. The summed E-state index contributed by atoms with van der Waals surface area (Å²) in [6, 6.07) is 16.9. The van der Waals surface area contributed by atoms with Crippen LogP contribution in [0.15, 0.2) is 60.0 Å². The minimum atomic E-state index is -0.913. The Kier molecular flexibility index (Phi) is 7.06. The standard InChI is InChI=1S/C22H23NO4S/c1-2-26-21-12-17(7-10-20(21)27-15-19-4-3-11-28-19)14-23-13-16-5-8-18(9-6-16)22(24)25/h3-12,23H,2,13-15H2,1H3,(H,24,25). The van der Waals surface area contributed by atoms with E-state index in [1.807, 2.05) is 54.8 Å². The van der Waals surface area contributed by atoms with Gasteiger partial charge in [0.15, 0.2) is 11.5 Å². The summed E-state index contributed by atoms with van der Waals surface area (Å²) < 4.78 is 11.7. The van der Waals surface area contributed by atoms with Crippen LogP contribution in [0.5, 0.6) is 11.5 Å². The smallest absolute Gasteiger partial charge is 0.335 e. The van der Waals surface area contributed by atoms with Gasteiger partial charge < -0.3 is 19.9 Å². The van der Waals surface area contributed by atoms with Gasteiger partial charge in [-0.15, -0.1) is 11.3 Å². The fourth-order valence-corrected chi connectivity index (χ4v) is 3.33. The Morgan fingerprint density at radius 2 is 1.75 bits per heavy atom. The number of carbonyl (C=O) groups is 1. The highest BCUT2D eigenvalue weighted by atomic mass is 32.1. The molecule has 0 atom stereocenters. The Hall–Kier alpha value is -2.83. The van der Waals surface area contributed by atoms with Gasteiger partial charge >= 0.3 is 5.97 Å². The van der Waals surface area contributed by atoms with Crippen LogP contribution in [0.3, 0.4) is 0 Å². The summed E-state index contributed by atoms with van der Waals surface area (Å²) in [5.74, 6) is 0.566. The van der Waals surface area contributed by atoms with E-state index in [-0.39, 0.29) is 0 Å². The molecule has 0 aliphatic rings. The van der Waals surface area contributed by atoms with Gasteiger partial charge in [0.2, 0.25) is 0 Å². The molecule has 0 bridgehead atoms. The van der Waals surface area contributed by atoms with Gasteiger partial charge in [0.05, 0.1) is 12.2 Å². The number of carboxylic acid groups (broad SMARTS) is 1. The molecule has 0 fully saturated rings. The maximum atomic E-state index is 10.9. The number of nitrogens with one attached hydrogen (secondary N) is 1. The average molecular weight is 397 g/mol. The first kappa shape index (κ1) is 19.9. The molecule has 0 radical (unpaired) electrons. The second kappa shape index (κ2) is 9.92. The van der Waals surface area contributed by atoms with E-state index < -0.39 is 5.97 Å². The second-order valence-corrected chi connectivity index (χ2v) is 7.22. The van der Waals surface area contributed by atoms with Crippen molar-refractivity contribution in [2.75, 3.05) is 6.61 Å². The van der Waals surface area contributed by atoms with Gasteiger partial charge in [-0.1, -0.05) is 24.3 Å². The topological polar surface area (TPSA) is 67.8 Å². The molecule has 3 rings (SSSR count). The number of hydrogen-bond acceptors (Lipinski definition) is 5. The van der Waals surface area contributed by atoms with Gasteiger partial charge in [-0.2, -0.15) is 0 Å². The number of rotatable bonds is 10. The normalized spacial score (nSPS) is 10.6. The number of ether oxygens (including phenoxy) is 2. The molecule has 2 N–H and O–H groups in total. The third-order valence-corrected chi connectivity index (χ3v) is 4.97. The predicted molar refractivity (Wildman–Crippen MR) is 110 cm³/mol. The minimum absolute atomic E-state index is 0.295. The van der Waals surface area contributed by atoms with Crippen molar-refractivity contribution in [2.45, 2.75) is 26.6 Å². The lowest BCUT2D eigenvalue weighted by Gasteiger charge is -2.13. The summed E-state index contributed by atoms with van der Waals surface area (Å²) in [4.78, 5) is 12.1. The molecule has 5 nitrogen and oxygen atoms in total. The third-order valence-electron chi connectivity index (χ3n) is 4.12. The van der Waals surface area contributed by atoms with Gasteiger partial charge in [-0.25, -0.2) is 4.79 Å². The summed E-state index contributed by atoms with van der Waals surface area (Å²) in [7, 11) is 0. The van der Waals surface area contributed by atoms with Crippen LogP contribution in [0.4, 0.5) is 0 Å². The molecule has 0 aliphatic heterocycles. The van der Waals surface area contributed by atoms with Crippen molar-refractivity contribution in [3.63, 3.8) is 0 Å². The lowest BCUT2D eigenvalue weighted by Crippen LogP contribution is -2.13. The molecule has 0 amide bonds. The molecular weight excluding hydrogens is 374 g/mol. The van der Waals surface area contributed by atoms with Crippen molar-refractivity contribution in [2.24, 2.45) is 0 Å². The van der Waals surface area contributed by atoms with E-state index in [9.17, 15) is 4.79 Å². The number of benzene rings is 2. The fourth-order valence-electron chi connectivity index (χ4n) is 2.71. The number of carboxylic acids is 1. The molecule has 1 aromatic heterocycles. The van der Waals surface area contributed by atoms with Crippen molar-refractivity contribution in [3.8, 4) is 11.5 Å². The third kappa shape index (κ3) is 5.58. The maximum Gasteiger partial charge on any atom is 0.335 e. The Balaban J connectivity index is 1.57. The molecule has 146 valence electrons. The van der Waals surface area contributed by atoms with Gasteiger partial charge in [-0.05, 0) is 53.8 Å². The highest BCUT2D eigenvalue weighted by Gasteiger charge is 2.08. The van der Waals surface area contributed by atoms with Crippen LogP contribution in [0.2, 0.25) is 0 Å². The Morgan fingerprint density at radius 1 is 1.00 bits per heavy atom. The molecule has 3 aromatic rings. The molecule has 2 aromatic carbocycles. The summed E-state index contributed by atoms with van der Waals surface area (Å²) in [5.41, 5.74) is 2.42. The van der Waals surface area contributed by atoms with E-state index in [4.69, 9.17) is 14.6 Å². The molecule has 1 heterocycles. The Bertz CT molecular complexity index is 891. The van der Waals surface area contributed by atoms with Crippen LogP contribution in [0, 0.1) is 0 Å². The highest BCUT2D eigenvalue weighted by molar-refractivity contribution is 7.09. The largest absolute Gasteiger partial charge is 0.490 e. The zero-order chi connectivity index (χ0) is 19.8. The molecule has 0 saturated heterocycles. The van der Waals surface area contributed by atoms with Gasteiger partial charge in [-0.3, -0.25) is 0 Å². The predicted octanol–water partition coefficient (Wildman–Crippen LogP) is 4.71. The maximum absolute atomic E-state index is 10.9. The lowest BCUT2D eigenvalue weighted by molar-refractivity contribution is 0.0697. The Morgan fingerprint density at radius 3 is 2.43 bits per heavy atom. The lowest BCUT2D eigenvalue weighted by atomic mass is 10.1. The zero-order valence-corrected chi connectivity index (χ0v) is 16.5. The zero-order valence-electron chi connectivity index (χ0n) is 15.7. The van der Waals surface area contributed by atoms with Crippen molar-refractivity contribution in [1.82, 2.24) is 5.32 Å². The SMILES string of the molecule is CCOc1cc(CNCc2ccc(C(=O)O)cc2)ccc1OCc1cccs1. The van der Waals surface area contributed by atoms with Crippen molar-refractivity contribution in [1.29, 1.82) is 0 Å². The van der Waals surface area contributed by atoms with Gasteiger partial charge in [0.25, 0.3) is 0 Å². The summed E-state index contributed by atoms with van der Waals surface area (Å²) in [6.45, 7) is 4.38. The number of thiophene rings is 1. The van der Waals surface area contributed by atoms with Crippen LogP contribution in [0.25, 0.3) is 0 Å². The number of aromatic carboxylic acids is 1. The second-order valence-electron chi connectivity index (χ2n) is 6.19. The summed E-state index contributed by atoms with van der Waals surface area (Å²) in [6.07, 6.45) is 0. The molecule has 0 unspecified atom stereocenters.